The molecule has 3 aromatic carbocycles. The third kappa shape index (κ3) is 4.61. The summed E-state index contributed by atoms with van der Waals surface area (Å²) in [5.74, 6) is -0.363. The summed E-state index contributed by atoms with van der Waals surface area (Å²) in [7, 11) is -3.97. The van der Waals surface area contributed by atoms with Gasteiger partial charge in [-0.1, -0.05) is 48.5 Å². The number of aromatic nitrogens is 1. The summed E-state index contributed by atoms with van der Waals surface area (Å²) in [4.78, 5) is 4.59. The van der Waals surface area contributed by atoms with E-state index in [1.165, 1.54) is 47.7 Å². The fraction of sp³-hybridized carbons (Fsp3) is 0. The third-order valence-electron chi connectivity index (χ3n) is 4.17. The molecule has 30 heavy (non-hydrogen) atoms. The van der Waals surface area contributed by atoms with Gasteiger partial charge in [0.25, 0.3) is 10.0 Å². The third-order valence-corrected chi connectivity index (χ3v) is 6.22. The van der Waals surface area contributed by atoms with Gasteiger partial charge in [0.1, 0.15) is 5.82 Å². The Morgan fingerprint density at radius 1 is 0.900 bits per heavy atom. The van der Waals surface area contributed by atoms with Gasteiger partial charge in [0.2, 0.25) is 0 Å². The lowest BCUT2D eigenvalue weighted by Gasteiger charge is -2.08. The van der Waals surface area contributed by atoms with Gasteiger partial charge < -0.3 is 5.32 Å². The van der Waals surface area contributed by atoms with E-state index < -0.39 is 15.8 Å². The molecule has 0 saturated carbocycles. The van der Waals surface area contributed by atoms with Gasteiger partial charge >= 0.3 is 0 Å². The fourth-order valence-electron chi connectivity index (χ4n) is 2.69. The Kier molecular flexibility index (Phi) is 5.69. The number of anilines is 1. The Morgan fingerprint density at radius 2 is 1.53 bits per heavy atom. The molecule has 0 bridgehead atoms. The Hall–Kier alpha value is -3.36. The Morgan fingerprint density at radius 3 is 2.20 bits per heavy atom. The zero-order chi connectivity index (χ0) is 21.0. The van der Waals surface area contributed by atoms with Crippen molar-refractivity contribution >= 4 is 32.3 Å². The van der Waals surface area contributed by atoms with E-state index in [2.05, 4.69) is 14.7 Å². The SMILES string of the molecule is O=S(=O)(/N=C(/Nc1nc(-c2ccccc2)cs1)c1ccc(F)cc1)c1ccccc1. The van der Waals surface area contributed by atoms with Gasteiger partial charge in [-0.3, -0.25) is 0 Å². The fourth-order valence-corrected chi connectivity index (χ4v) is 4.41. The second kappa shape index (κ2) is 8.56. The van der Waals surface area contributed by atoms with Crippen LogP contribution in [0.2, 0.25) is 0 Å². The molecule has 0 radical (unpaired) electrons. The summed E-state index contributed by atoms with van der Waals surface area (Å²) in [6.45, 7) is 0. The standard InChI is InChI=1S/C22H16FN3O2S2/c23-18-13-11-17(12-14-18)21(26-30(27,28)19-9-5-2-6-10-19)25-22-24-20(15-29-22)16-7-3-1-4-8-16/h1-15H,(H,24,25,26). The maximum Gasteiger partial charge on any atom is 0.284 e. The van der Waals surface area contributed by atoms with Crippen LogP contribution in [0.5, 0.6) is 0 Å². The maximum absolute atomic E-state index is 13.4. The highest BCUT2D eigenvalue weighted by atomic mass is 32.2. The Balaban J connectivity index is 1.72. The average molecular weight is 438 g/mol. The van der Waals surface area contributed by atoms with Gasteiger partial charge in [-0.25, -0.2) is 9.37 Å². The molecule has 0 spiro atoms. The molecule has 150 valence electrons. The van der Waals surface area contributed by atoms with Crippen molar-refractivity contribution in [2.45, 2.75) is 4.90 Å². The zero-order valence-corrected chi connectivity index (χ0v) is 17.2. The van der Waals surface area contributed by atoms with Crippen LogP contribution in [0.4, 0.5) is 9.52 Å². The lowest BCUT2D eigenvalue weighted by atomic mass is 10.2. The molecule has 8 heteroatoms. The number of nitrogens with one attached hydrogen (secondary N) is 1. The minimum Gasteiger partial charge on any atom is -0.315 e. The van der Waals surface area contributed by atoms with Crippen LogP contribution in [-0.4, -0.2) is 19.2 Å². The van der Waals surface area contributed by atoms with Crippen LogP contribution in [0.15, 0.2) is 99.6 Å². The van der Waals surface area contributed by atoms with E-state index in [0.29, 0.717) is 10.7 Å². The van der Waals surface area contributed by atoms with Crippen LogP contribution < -0.4 is 5.32 Å². The van der Waals surface area contributed by atoms with Crippen LogP contribution in [0.1, 0.15) is 5.56 Å². The molecule has 0 atom stereocenters. The molecule has 1 aromatic heterocycles. The first-order valence-corrected chi connectivity index (χ1v) is 11.3. The topological polar surface area (TPSA) is 71.4 Å². The van der Waals surface area contributed by atoms with Crippen LogP contribution in [0.25, 0.3) is 11.3 Å². The van der Waals surface area contributed by atoms with Crippen molar-refractivity contribution in [3.63, 3.8) is 0 Å². The molecular weight excluding hydrogens is 421 g/mol. The van der Waals surface area contributed by atoms with Gasteiger partial charge in [-0.15, -0.1) is 15.7 Å². The smallest absolute Gasteiger partial charge is 0.284 e. The second-order valence-electron chi connectivity index (χ2n) is 6.26. The van der Waals surface area contributed by atoms with Gasteiger partial charge in [0.05, 0.1) is 10.6 Å². The van der Waals surface area contributed by atoms with E-state index in [1.807, 2.05) is 35.7 Å². The molecule has 0 aliphatic heterocycles. The van der Waals surface area contributed by atoms with E-state index in [1.54, 1.807) is 18.2 Å². The zero-order valence-electron chi connectivity index (χ0n) is 15.6. The lowest BCUT2D eigenvalue weighted by molar-refractivity contribution is 0.598. The Labute approximate surface area is 177 Å². The summed E-state index contributed by atoms with van der Waals surface area (Å²) in [6.07, 6.45) is 0. The second-order valence-corrected chi connectivity index (χ2v) is 8.73. The first-order valence-electron chi connectivity index (χ1n) is 8.95. The monoisotopic (exact) mass is 437 g/mol. The molecule has 4 aromatic rings. The Bertz CT molecular complexity index is 1270. The normalized spacial score (nSPS) is 12.0. The van der Waals surface area contributed by atoms with Gasteiger partial charge in [0.15, 0.2) is 11.0 Å². The quantitative estimate of drug-likeness (QED) is 0.344. The van der Waals surface area contributed by atoms with Gasteiger partial charge in [-0.05, 0) is 36.4 Å². The highest BCUT2D eigenvalue weighted by Gasteiger charge is 2.17. The van der Waals surface area contributed by atoms with E-state index in [-0.39, 0.29) is 10.7 Å². The molecule has 1 N–H and O–H groups in total. The van der Waals surface area contributed by atoms with Crippen molar-refractivity contribution in [2.24, 2.45) is 4.40 Å². The molecule has 0 saturated heterocycles. The van der Waals surface area contributed by atoms with Gasteiger partial charge in [0, 0.05) is 16.5 Å². The van der Waals surface area contributed by atoms with Crippen molar-refractivity contribution < 1.29 is 12.8 Å². The number of hydrogen-bond donors (Lipinski definition) is 1. The van der Waals surface area contributed by atoms with Crippen molar-refractivity contribution in [3.05, 3.63) is 102 Å². The number of sulfonamides is 1. The van der Waals surface area contributed by atoms with Crippen LogP contribution in [0.3, 0.4) is 0 Å². The molecule has 0 unspecified atom stereocenters. The highest BCUT2D eigenvalue weighted by Crippen LogP contribution is 2.25. The molecule has 1 heterocycles. The van der Waals surface area contributed by atoms with Gasteiger partial charge in [-0.2, -0.15) is 8.42 Å². The largest absolute Gasteiger partial charge is 0.315 e. The first-order chi connectivity index (χ1) is 14.5. The summed E-state index contributed by atoms with van der Waals surface area (Å²) in [6, 6.07) is 23.0. The molecule has 5 nitrogen and oxygen atoms in total. The molecule has 0 fully saturated rings. The number of benzene rings is 3. The van der Waals surface area contributed by atoms with E-state index in [9.17, 15) is 12.8 Å². The molecule has 0 aliphatic rings. The summed E-state index contributed by atoms with van der Waals surface area (Å²) < 4.78 is 42.9. The predicted molar refractivity (Wildman–Crippen MR) is 118 cm³/mol. The van der Waals surface area contributed by atoms with E-state index in [4.69, 9.17) is 0 Å². The molecule has 0 aliphatic carbocycles. The average Bonchev–Trinajstić information content (AvgIpc) is 3.24. The summed E-state index contributed by atoms with van der Waals surface area (Å²) in [5.41, 5.74) is 2.12. The number of hydrogen-bond acceptors (Lipinski definition) is 4. The first kappa shape index (κ1) is 19.9. The van der Waals surface area contributed by atoms with Crippen molar-refractivity contribution in [1.29, 1.82) is 0 Å². The number of amidine groups is 1. The van der Waals surface area contributed by atoms with Crippen LogP contribution in [-0.2, 0) is 10.0 Å². The van der Waals surface area contributed by atoms with Crippen molar-refractivity contribution in [2.75, 3.05) is 5.32 Å². The molecule has 4 rings (SSSR count). The molecular formula is C22H16FN3O2S2. The predicted octanol–water partition coefficient (Wildman–Crippen LogP) is 5.20. The van der Waals surface area contributed by atoms with Crippen LogP contribution >= 0.6 is 11.3 Å². The van der Waals surface area contributed by atoms with E-state index in [0.717, 1.165) is 11.3 Å². The number of nitrogens with zero attached hydrogens (tertiary/aromatic N) is 2. The lowest BCUT2D eigenvalue weighted by Crippen LogP contribution is -2.16. The van der Waals surface area contributed by atoms with E-state index >= 15 is 0 Å². The van der Waals surface area contributed by atoms with Crippen molar-refractivity contribution in [1.82, 2.24) is 4.98 Å². The number of rotatable bonds is 5. The number of halogens is 1. The molecule has 0 amide bonds. The minimum absolute atomic E-state index is 0.0628. The summed E-state index contributed by atoms with van der Waals surface area (Å²) in [5, 5.41) is 5.33. The highest BCUT2D eigenvalue weighted by molar-refractivity contribution is 7.90. The summed E-state index contributed by atoms with van der Waals surface area (Å²) >= 11 is 1.32. The van der Waals surface area contributed by atoms with Crippen molar-refractivity contribution in [3.8, 4) is 11.3 Å². The number of thiazole rings is 1. The maximum atomic E-state index is 13.4. The minimum atomic E-state index is -3.97. The van der Waals surface area contributed by atoms with Crippen LogP contribution in [0, 0.1) is 5.82 Å².